The molecule has 0 bridgehead atoms. The molecule has 2 aromatic carbocycles. The first-order valence-corrected chi connectivity index (χ1v) is 12.0. The lowest BCUT2D eigenvalue weighted by Crippen LogP contribution is -2.14. The Hall–Kier alpha value is -4.57. The van der Waals surface area contributed by atoms with E-state index in [0.717, 1.165) is 5.69 Å². The van der Waals surface area contributed by atoms with Gasteiger partial charge in [-0.2, -0.15) is 0 Å². The molecule has 0 aliphatic carbocycles. The molecule has 0 saturated heterocycles. The third-order valence-corrected chi connectivity index (χ3v) is 6.42. The number of anilines is 5. The van der Waals surface area contributed by atoms with Crippen LogP contribution in [0.2, 0.25) is 0 Å². The molecule has 174 valence electrons. The van der Waals surface area contributed by atoms with Crippen LogP contribution in [0.4, 0.5) is 33.1 Å². The van der Waals surface area contributed by atoms with E-state index in [1.807, 2.05) is 0 Å². The fraction of sp³-hybridized carbons (Fsp3) is 0. The fourth-order valence-corrected chi connectivity index (χ4v) is 4.51. The van der Waals surface area contributed by atoms with Gasteiger partial charge in [0.05, 0.1) is 10.4 Å². The van der Waals surface area contributed by atoms with Gasteiger partial charge in [0.1, 0.15) is 17.5 Å². The average Bonchev–Trinajstić information content (AvgIpc) is 2.85. The van der Waals surface area contributed by atoms with Gasteiger partial charge >= 0.3 is 0 Å². The van der Waals surface area contributed by atoms with E-state index in [1.54, 1.807) is 73.2 Å². The zero-order valence-electron chi connectivity index (χ0n) is 18.2. The molecule has 0 saturated carbocycles. The van der Waals surface area contributed by atoms with Crippen molar-refractivity contribution in [2.75, 3.05) is 15.4 Å². The smallest absolute Gasteiger partial charge is 0.263 e. The predicted octanol–water partition coefficient (Wildman–Crippen LogP) is 5.45. The van der Waals surface area contributed by atoms with Crippen molar-refractivity contribution >= 4 is 49.6 Å². The Morgan fingerprint density at radius 3 is 2.40 bits per heavy atom. The van der Waals surface area contributed by atoms with E-state index in [4.69, 9.17) is 0 Å². The second kappa shape index (κ2) is 9.35. The van der Waals surface area contributed by atoms with Gasteiger partial charge in [0.25, 0.3) is 10.0 Å². The van der Waals surface area contributed by atoms with Crippen LogP contribution >= 0.6 is 0 Å². The molecule has 5 aromatic rings. The number of halogens is 1. The summed E-state index contributed by atoms with van der Waals surface area (Å²) in [7, 11) is -3.93. The molecular weight excluding hydrogens is 467 g/mol. The fourth-order valence-electron chi connectivity index (χ4n) is 3.46. The molecule has 0 radical (unpaired) electrons. The van der Waals surface area contributed by atoms with Crippen LogP contribution in [0.25, 0.3) is 10.9 Å². The molecule has 3 aromatic heterocycles. The third-order valence-electron chi connectivity index (χ3n) is 5.07. The van der Waals surface area contributed by atoms with Crippen LogP contribution in [-0.2, 0) is 10.0 Å². The second-order valence-corrected chi connectivity index (χ2v) is 9.23. The van der Waals surface area contributed by atoms with E-state index in [1.165, 1.54) is 24.3 Å². The number of aromatic nitrogens is 3. The Balaban J connectivity index is 1.38. The summed E-state index contributed by atoms with van der Waals surface area (Å²) in [5, 5.41) is 6.84. The molecule has 3 heterocycles. The summed E-state index contributed by atoms with van der Waals surface area (Å²) in [5.41, 5.74) is 2.52. The van der Waals surface area contributed by atoms with Gasteiger partial charge < -0.3 is 10.6 Å². The number of sulfonamides is 1. The Morgan fingerprint density at radius 1 is 0.743 bits per heavy atom. The quantitative estimate of drug-likeness (QED) is 0.281. The van der Waals surface area contributed by atoms with Gasteiger partial charge in [-0.3, -0.25) is 14.7 Å². The normalized spacial score (nSPS) is 11.2. The van der Waals surface area contributed by atoms with Gasteiger partial charge in [0.15, 0.2) is 0 Å². The van der Waals surface area contributed by atoms with Crippen LogP contribution in [-0.4, -0.2) is 23.4 Å². The summed E-state index contributed by atoms with van der Waals surface area (Å²) in [6.07, 6.45) is 4.88. The molecular formula is C25H19FN6O2S. The molecule has 35 heavy (non-hydrogen) atoms. The summed E-state index contributed by atoms with van der Waals surface area (Å²) in [6.45, 7) is 0. The number of rotatable bonds is 7. The van der Waals surface area contributed by atoms with Gasteiger partial charge in [-0.05, 0) is 66.7 Å². The highest BCUT2D eigenvalue weighted by Crippen LogP contribution is 2.27. The first-order chi connectivity index (χ1) is 17.0. The lowest BCUT2D eigenvalue weighted by Gasteiger charge is -2.12. The highest BCUT2D eigenvalue weighted by atomic mass is 32.2. The van der Waals surface area contributed by atoms with Crippen LogP contribution in [0.1, 0.15) is 0 Å². The Kier molecular flexibility index (Phi) is 5.94. The lowest BCUT2D eigenvalue weighted by molar-refractivity contribution is 0.601. The Morgan fingerprint density at radius 2 is 1.54 bits per heavy atom. The maximum atomic E-state index is 13.8. The molecule has 5 rings (SSSR count). The number of nitrogens with one attached hydrogen (secondary N) is 3. The Bertz CT molecular complexity index is 1610. The minimum Gasteiger partial charge on any atom is -0.355 e. The van der Waals surface area contributed by atoms with Gasteiger partial charge in [-0.1, -0.05) is 12.1 Å². The summed E-state index contributed by atoms with van der Waals surface area (Å²) in [4.78, 5) is 12.6. The largest absolute Gasteiger partial charge is 0.355 e. The zero-order valence-corrected chi connectivity index (χ0v) is 19.0. The molecule has 3 N–H and O–H groups in total. The van der Waals surface area contributed by atoms with Crippen LogP contribution in [0.5, 0.6) is 0 Å². The molecule has 0 atom stereocenters. The summed E-state index contributed by atoms with van der Waals surface area (Å²) >= 11 is 0. The predicted molar refractivity (Wildman–Crippen MR) is 134 cm³/mol. The van der Waals surface area contributed by atoms with Crippen molar-refractivity contribution in [3.63, 3.8) is 0 Å². The number of hydrogen-bond donors (Lipinski definition) is 3. The van der Waals surface area contributed by atoms with Crippen molar-refractivity contribution in [3.05, 3.63) is 103 Å². The summed E-state index contributed by atoms with van der Waals surface area (Å²) in [6, 6.07) is 20.9. The Labute approximate surface area is 201 Å². The highest BCUT2D eigenvalue weighted by molar-refractivity contribution is 7.92. The summed E-state index contributed by atoms with van der Waals surface area (Å²) < 4.78 is 42.4. The van der Waals surface area contributed by atoms with E-state index in [9.17, 15) is 12.8 Å². The summed E-state index contributed by atoms with van der Waals surface area (Å²) in [5.74, 6) is 0.254. The number of pyridine rings is 3. The SMILES string of the molecule is O=S(=O)(Nc1cccc(Nc2ccncc2)n1)c1cccc(Nc2ccnc3ccc(F)cc23)c1. The average molecular weight is 487 g/mol. The standard InChI is InChI=1S/C25H19FN6O2S/c26-17-7-8-22-21(15-17)23(11-14-28-22)29-19-3-1-4-20(16-19)35(33,34)32-25-6-2-5-24(31-25)30-18-9-12-27-13-10-18/h1-16H,(H,28,29)(H2,27,30,31,32). The minimum absolute atomic E-state index is 0.0429. The van der Waals surface area contributed by atoms with Crippen LogP contribution in [0.15, 0.2) is 102 Å². The van der Waals surface area contributed by atoms with E-state index in [0.29, 0.717) is 28.1 Å². The molecule has 10 heteroatoms. The van der Waals surface area contributed by atoms with E-state index >= 15 is 0 Å². The molecule has 0 fully saturated rings. The monoisotopic (exact) mass is 486 g/mol. The molecule has 0 unspecified atom stereocenters. The molecule has 8 nitrogen and oxygen atoms in total. The first kappa shape index (κ1) is 22.2. The third kappa shape index (κ3) is 5.17. The molecule has 0 aliphatic rings. The van der Waals surface area contributed by atoms with E-state index < -0.39 is 10.0 Å². The zero-order chi connectivity index (χ0) is 24.3. The van der Waals surface area contributed by atoms with Crippen LogP contribution < -0.4 is 15.4 Å². The maximum absolute atomic E-state index is 13.8. The van der Waals surface area contributed by atoms with Crippen molar-refractivity contribution in [2.45, 2.75) is 4.90 Å². The van der Waals surface area contributed by atoms with Crippen molar-refractivity contribution in [1.82, 2.24) is 15.0 Å². The molecule has 0 amide bonds. The van der Waals surface area contributed by atoms with Crippen molar-refractivity contribution in [2.24, 2.45) is 0 Å². The molecule has 0 aliphatic heterocycles. The van der Waals surface area contributed by atoms with Gasteiger partial charge in [-0.15, -0.1) is 0 Å². The van der Waals surface area contributed by atoms with Crippen LogP contribution in [0.3, 0.4) is 0 Å². The highest BCUT2D eigenvalue weighted by Gasteiger charge is 2.16. The molecule has 0 spiro atoms. The van der Waals surface area contributed by atoms with E-state index in [-0.39, 0.29) is 16.5 Å². The van der Waals surface area contributed by atoms with Gasteiger partial charge in [0, 0.05) is 41.0 Å². The van der Waals surface area contributed by atoms with Crippen molar-refractivity contribution in [1.29, 1.82) is 0 Å². The van der Waals surface area contributed by atoms with E-state index in [2.05, 4.69) is 30.3 Å². The van der Waals surface area contributed by atoms with Crippen molar-refractivity contribution < 1.29 is 12.8 Å². The minimum atomic E-state index is -3.93. The number of nitrogens with zero attached hydrogens (tertiary/aromatic N) is 3. The number of benzene rings is 2. The van der Waals surface area contributed by atoms with Crippen molar-refractivity contribution in [3.8, 4) is 0 Å². The van der Waals surface area contributed by atoms with Gasteiger partial charge in [-0.25, -0.2) is 17.8 Å². The van der Waals surface area contributed by atoms with Gasteiger partial charge in [0.2, 0.25) is 0 Å². The number of hydrogen-bond acceptors (Lipinski definition) is 7. The lowest BCUT2D eigenvalue weighted by atomic mass is 10.1. The topological polar surface area (TPSA) is 109 Å². The maximum Gasteiger partial charge on any atom is 0.263 e. The second-order valence-electron chi connectivity index (χ2n) is 7.55. The number of fused-ring (bicyclic) bond motifs is 1. The van der Waals surface area contributed by atoms with Crippen LogP contribution in [0, 0.1) is 5.82 Å². The first-order valence-electron chi connectivity index (χ1n) is 10.5.